The van der Waals surface area contributed by atoms with Gasteiger partial charge in [0.25, 0.3) is 0 Å². The molecule has 0 atom stereocenters. The van der Waals surface area contributed by atoms with E-state index in [0.29, 0.717) is 5.75 Å². The van der Waals surface area contributed by atoms with Gasteiger partial charge in [0.1, 0.15) is 0 Å². The van der Waals surface area contributed by atoms with Crippen molar-refractivity contribution in [1.29, 1.82) is 0 Å². The second kappa shape index (κ2) is 6.88. The number of hydrogen-bond acceptors (Lipinski definition) is 5. The van der Waals surface area contributed by atoms with Gasteiger partial charge in [0.2, 0.25) is 0 Å². The van der Waals surface area contributed by atoms with Crippen LogP contribution in [0.3, 0.4) is 0 Å². The first-order valence-electron chi connectivity index (χ1n) is 5.73. The van der Waals surface area contributed by atoms with Gasteiger partial charge in [-0.25, -0.2) is 0 Å². The largest absolute Gasteiger partial charge is 0.493 e. The Morgan fingerprint density at radius 1 is 1.26 bits per heavy atom. The maximum Gasteiger partial charge on any atom is 0.174 e. The number of nitrogens with one attached hydrogen (secondary N) is 1. The van der Waals surface area contributed by atoms with E-state index in [-0.39, 0.29) is 0 Å². The lowest BCUT2D eigenvalue weighted by Gasteiger charge is -2.12. The lowest BCUT2D eigenvalue weighted by molar-refractivity contribution is 0.352. The number of methoxy groups -OCH3 is 2. The summed E-state index contributed by atoms with van der Waals surface area (Å²) in [6.45, 7) is 1.58. The van der Waals surface area contributed by atoms with Gasteiger partial charge >= 0.3 is 0 Å². The fraction of sp³-hybridized carbons (Fsp3) is 0.308. The highest BCUT2D eigenvalue weighted by Gasteiger charge is 2.10. The normalized spacial score (nSPS) is 10.5. The molecule has 2 aromatic rings. The van der Waals surface area contributed by atoms with E-state index in [4.69, 9.17) is 9.47 Å². The zero-order valence-electron chi connectivity index (χ0n) is 10.8. The van der Waals surface area contributed by atoms with Crippen molar-refractivity contribution in [3.8, 4) is 11.5 Å². The van der Waals surface area contributed by atoms with E-state index in [9.17, 15) is 0 Å². The van der Waals surface area contributed by atoms with Crippen LogP contribution in [0.2, 0.25) is 0 Å². The summed E-state index contributed by atoms with van der Waals surface area (Å²) in [5.41, 5.74) is 2.97. The Kier molecular flexibility index (Phi) is 5.18. The summed E-state index contributed by atoms with van der Waals surface area (Å²) in [5, 5.41) is 3.37. The molecule has 102 valence electrons. The van der Waals surface area contributed by atoms with Crippen molar-refractivity contribution in [1.82, 2.24) is 10.3 Å². The number of thiazole rings is 1. The zero-order chi connectivity index (χ0) is 13.7. The van der Waals surface area contributed by atoms with Crippen LogP contribution in [0, 0.1) is 0 Å². The maximum absolute atomic E-state index is 5.32. The molecule has 0 aliphatic rings. The van der Waals surface area contributed by atoms with Gasteiger partial charge in [-0.05, 0) is 33.6 Å². The molecule has 0 bridgehead atoms. The molecule has 2 rings (SSSR count). The van der Waals surface area contributed by atoms with Crippen molar-refractivity contribution >= 4 is 27.3 Å². The third kappa shape index (κ3) is 3.68. The van der Waals surface area contributed by atoms with Crippen LogP contribution < -0.4 is 14.8 Å². The van der Waals surface area contributed by atoms with Gasteiger partial charge < -0.3 is 14.8 Å². The van der Waals surface area contributed by atoms with E-state index in [2.05, 4.69) is 26.2 Å². The van der Waals surface area contributed by atoms with Gasteiger partial charge in [0.15, 0.2) is 11.5 Å². The molecule has 0 fully saturated rings. The van der Waals surface area contributed by atoms with Gasteiger partial charge in [-0.15, -0.1) is 11.3 Å². The maximum atomic E-state index is 5.32. The lowest BCUT2D eigenvalue weighted by atomic mass is 10.2. The number of aromatic nitrogens is 1. The molecule has 0 aliphatic carbocycles. The molecule has 4 nitrogen and oxygen atoms in total. The van der Waals surface area contributed by atoms with Crippen LogP contribution >= 0.6 is 27.3 Å². The molecule has 0 radical (unpaired) electrons. The van der Waals surface area contributed by atoms with Gasteiger partial charge in [0, 0.05) is 24.2 Å². The molecule has 1 heterocycles. The minimum atomic E-state index is 0.716. The lowest BCUT2D eigenvalue weighted by Crippen LogP contribution is -2.12. The third-order valence-corrected chi connectivity index (χ3v) is 3.97. The van der Waals surface area contributed by atoms with E-state index < -0.39 is 0 Å². The van der Waals surface area contributed by atoms with E-state index in [0.717, 1.165) is 28.9 Å². The van der Waals surface area contributed by atoms with Crippen molar-refractivity contribution in [3.63, 3.8) is 0 Å². The highest BCUT2D eigenvalue weighted by atomic mass is 79.9. The summed E-state index contributed by atoms with van der Waals surface area (Å²) >= 11 is 5.14. The van der Waals surface area contributed by atoms with Crippen LogP contribution in [0.4, 0.5) is 0 Å². The Bertz CT molecular complexity index is 532. The first kappa shape index (κ1) is 14.3. The van der Waals surface area contributed by atoms with E-state index >= 15 is 0 Å². The van der Waals surface area contributed by atoms with Crippen LogP contribution in [0.5, 0.6) is 11.5 Å². The van der Waals surface area contributed by atoms with Crippen molar-refractivity contribution in [2.45, 2.75) is 13.1 Å². The number of ether oxygens (including phenoxy) is 2. The van der Waals surface area contributed by atoms with Crippen LogP contribution in [0.15, 0.2) is 28.3 Å². The Morgan fingerprint density at radius 2 is 2.11 bits per heavy atom. The van der Waals surface area contributed by atoms with Crippen molar-refractivity contribution in [3.05, 3.63) is 38.8 Å². The summed E-state index contributed by atoms with van der Waals surface area (Å²) in [6.07, 6.45) is 1.88. The third-order valence-electron chi connectivity index (χ3n) is 2.61. The molecule has 1 aromatic carbocycles. The van der Waals surface area contributed by atoms with Crippen molar-refractivity contribution < 1.29 is 9.47 Å². The average Bonchev–Trinajstić information content (AvgIpc) is 2.91. The van der Waals surface area contributed by atoms with Gasteiger partial charge in [-0.2, -0.15) is 0 Å². The topological polar surface area (TPSA) is 43.4 Å². The Labute approximate surface area is 124 Å². The highest BCUT2D eigenvalue weighted by Crippen LogP contribution is 2.36. The standard InChI is InChI=1S/C13H15BrN2O2S/c1-17-12-4-9(3-11(14)13(12)18-2)5-15-6-10-7-16-8-19-10/h3-4,7-8,15H,5-6H2,1-2H3. The fourth-order valence-electron chi connectivity index (χ4n) is 1.73. The Hall–Kier alpha value is -1.11. The predicted octanol–water partition coefficient (Wildman–Crippen LogP) is 3.21. The molecule has 0 amide bonds. The SMILES string of the molecule is COc1cc(CNCc2cncs2)cc(Br)c1OC. The van der Waals surface area contributed by atoms with E-state index in [1.54, 1.807) is 25.6 Å². The molecule has 0 spiro atoms. The molecular weight excluding hydrogens is 328 g/mol. The summed E-state index contributed by atoms with van der Waals surface area (Å²) in [7, 11) is 3.27. The van der Waals surface area contributed by atoms with Crippen LogP contribution in [-0.4, -0.2) is 19.2 Å². The number of rotatable bonds is 6. The summed E-state index contributed by atoms with van der Waals surface area (Å²) in [4.78, 5) is 5.27. The molecular formula is C13H15BrN2O2S. The summed E-state index contributed by atoms with van der Waals surface area (Å²) in [6, 6.07) is 4.00. The molecule has 0 unspecified atom stereocenters. The molecule has 19 heavy (non-hydrogen) atoms. The first-order valence-corrected chi connectivity index (χ1v) is 7.40. The Balaban J connectivity index is 2.02. The number of nitrogens with zero attached hydrogens (tertiary/aromatic N) is 1. The second-order valence-corrected chi connectivity index (χ2v) is 5.71. The average molecular weight is 343 g/mol. The van der Waals surface area contributed by atoms with Crippen molar-refractivity contribution in [2.75, 3.05) is 14.2 Å². The quantitative estimate of drug-likeness (QED) is 0.875. The number of halogens is 1. The van der Waals surface area contributed by atoms with Crippen LogP contribution in [0.1, 0.15) is 10.4 Å². The zero-order valence-corrected chi connectivity index (χ0v) is 13.2. The highest BCUT2D eigenvalue weighted by molar-refractivity contribution is 9.10. The molecule has 0 aliphatic heterocycles. The van der Waals surface area contributed by atoms with E-state index in [1.807, 2.05) is 23.8 Å². The molecule has 1 N–H and O–H groups in total. The smallest absolute Gasteiger partial charge is 0.174 e. The van der Waals surface area contributed by atoms with Crippen LogP contribution in [0.25, 0.3) is 0 Å². The number of hydrogen-bond donors (Lipinski definition) is 1. The molecule has 0 saturated carbocycles. The van der Waals surface area contributed by atoms with E-state index in [1.165, 1.54) is 4.88 Å². The number of benzene rings is 1. The fourth-order valence-corrected chi connectivity index (χ4v) is 2.95. The summed E-state index contributed by atoms with van der Waals surface area (Å²) < 4.78 is 11.5. The minimum absolute atomic E-state index is 0.716. The first-order chi connectivity index (χ1) is 9.24. The van der Waals surface area contributed by atoms with Crippen molar-refractivity contribution in [2.24, 2.45) is 0 Å². The van der Waals surface area contributed by atoms with Crippen LogP contribution in [-0.2, 0) is 13.1 Å². The van der Waals surface area contributed by atoms with Gasteiger partial charge in [-0.1, -0.05) is 0 Å². The Morgan fingerprint density at radius 3 is 2.74 bits per heavy atom. The van der Waals surface area contributed by atoms with Gasteiger partial charge in [0.05, 0.1) is 24.2 Å². The molecule has 6 heteroatoms. The second-order valence-electron chi connectivity index (χ2n) is 3.88. The summed E-state index contributed by atoms with van der Waals surface area (Å²) in [5.74, 6) is 1.44. The minimum Gasteiger partial charge on any atom is -0.493 e. The predicted molar refractivity (Wildman–Crippen MR) is 79.9 cm³/mol. The monoisotopic (exact) mass is 342 g/mol. The molecule has 0 saturated heterocycles. The van der Waals surface area contributed by atoms with Gasteiger partial charge in [-0.3, -0.25) is 4.98 Å². The molecule has 1 aromatic heterocycles.